The Morgan fingerprint density at radius 1 is 1.88 bits per heavy atom. The highest BCUT2D eigenvalue weighted by Gasteiger charge is 2.09. The molecule has 0 atom stereocenters. The van der Waals surface area contributed by atoms with Crippen molar-refractivity contribution < 1.29 is 9.63 Å². The molecule has 0 saturated carbocycles. The van der Waals surface area contributed by atoms with Gasteiger partial charge in [-0.05, 0) is 0 Å². The van der Waals surface area contributed by atoms with Crippen LogP contribution in [-0.4, -0.2) is 5.91 Å². The van der Waals surface area contributed by atoms with E-state index in [1.165, 1.54) is 6.20 Å². The first-order valence-electron chi connectivity index (χ1n) is 1.98. The minimum atomic E-state index is -0.595. The van der Waals surface area contributed by atoms with Crippen LogP contribution in [0.1, 0.15) is 0 Å². The van der Waals surface area contributed by atoms with Crippen molar-refractivity contribution in [2.75, 3.05) is 0 Å². The molecule has 5 heteroatoms. The fraction of sp³-hybridized carbons (Fsp3) is 0. The quantitative estimate of drug-likeness (QED) is 0.383. The Kier molecular flexibility index (Phi) is 1.05. The van der Waals surface area contributed by atoms with Gasteiger partial charge in [-0.25, -0.2) is 0 Å². The average molecular weight is 115 g/mol. The molecule has 0 saturated heterocycles. The van der Waals surface area contributed by atoms with Crippen molar-refractivity contribution in [3.63, 3.8) is 0 Å². The molecule has 0 aromatic heterocycles. The van der Waals surface area contributed by atoms with Gasteiger partial charge >= 0.3 is 0 Å². The number of hydrazine groups is 1. The minimum Gasteiger partial charge on any atom is -0.382 e. The zero-order valence-corrected chi connectivity index (χ0v) is 3.97. The highest BCUT2D eigenvalue weighted by Crippen LogP contribution is 1.93. The second kappa shape index (κ2) is 1.71. The summed E-state index contributed by atoms with van der Waals surface area (Å²) in [5, 5.41) is 0. The summed E-state index contributed by atoms with van der Waals surface area (Å²) in [7, 11) is 0. The normalized spacial score (nSPS) is 16.2. The van der Waals surface area contributed by atoms with E-state index in [4.69, 9.17) is 5.73 Å². The second-order valence-electron chi connectivity index (χ2n) is 1.22. The van der Waals surface area contributed by atoms with E-state index in [-0.39, 0.29) is 5.76 Å². The molecule has 1 heterocycles. The van der Waals surface area contributed by atoms with Crippen molar-refractivity contribution in [2.45, 2.75) is 0 Å². The molecule has 0 bridgehead atoms. The van der Waals surface area contributed by atoms with Gasteiger partial charge in [-0.2, -0.15) is 0 Å². The number of amides is 1. The molecule has 0 aromatic rings. The van der Waals surface area contributed by atoms with Crippen LogP contribution in [0.4, 0.5) is 0 Å². The maximum Gasteiger partial charge on any atom is 0.288 e. The van der Waals surface area contributed by atoms with Gasteiger partial charge in [0.15, 0.2) is 0 Å². The molecule has 1 amide bonds. The summed E-state index contributed by atoms with van der Waals surface area (Å²) < 4.78 is 0. The lowest BCUT2D eigenvalue weighted by Gasteiger charge is -1.92. The van der Waals surface area contributed by atoms with E-state index in [0.717, 1.165) is 0 Å². The zero-order chi connectivity index (χ0) is 5.98. The highest BCUT2D eigenvalue weighted by molar-refractivity contribution is 5.89. The number of nitrogens with one attached hydrogen (secondary N) is 2. The topological polar surface area (TPSA) is 76.4 Å². The molecule has 0 spiro atoms. The Bertz CT molecular complexity index is 141. The standard InChI is InChI=1S/C3H5N3O2/c4-3(7)2-1-5-6-8-2/h1,5-6H,(H2,4,7). The predicted octanol–water partition coefficient (Wildman–Crippen LogP) is -1.65. The molecule has 44 valence electrons. The van der Waals surface area contributed by atoms with E-state index in [1.807, 2.05) is 0 Å². The molecule has 0 fully saturated rings. The largest absolute Gasteiger partial charge is 0.382 e. The van der Waals surface area contributed by atoms with E-state index < -0.39 is 5.91 Å². The Balaban J connectivity index is 2.57. The lowest BCUT2D eigenvalue weighted by molar-refractivity contribution is -0.118. The van der Waals surface area contributed by atoms with Crippen LogP contribution in [0.3, 0.4) is 0 Å². The molecule has 5 nitrogen and oxygen atoms in total. The Morgan fingerprint density at radius 2 is 2.62 bits per heavy atom. The fourth-order valence-electron chi connectivity index (χ4n) is 0.330. The van der Waals surface area contributed by atoms with Gasteiger partial charge in [0.2, 0.25) is 5.76 Å². The van der Waals surface area contributed by atoms with Crippen molar-refractivity contribution in [1.29, 1.82) is 0 Å². The number of hydrogen-bond donors (Lipinski definition) is 3. The molecule has 0 radical (unpaired) electrons. The molecule has 4 N–H and O–H groups in total. The monoisotopic (exact) mass is 115 g/mol. The predicted molar refractivity (Wildman–Crippen MR) is 24.6 cm³/mol. The summed E-state index contributed by atoms with van der Waals surface area (Å²) in [6.07, 6.45) is 1.34. The third kappa shape index (κ3) is 0.710. The van der Waals surface area contributed by atoms with Crippen molar-refractivity contribution in [2.24, 2.45) is 5.73 Å². The lowest BCUT2D eigenvalue weighted by atomic mass is 10.5. The summed E-state index contributed by atoms with van der Waals surface area (Å²) in [6, 6.07) is 0. The molecule has 1 aliphatic rings. The number of primary amides is 1. The summed E-state index contributed by atoms with van der Waals surface area (Å²) in [4.78, 5) is 14.6. The molecule has 0 aliphatic carbocycles. The molecule has 0 aromatic carbocycles. The first-order valence-corrected chi connectivity index (χ1v) is 1.98. The van der Waals surface area contributed by atoms with Gasteiger partial charge in [0.05, 0.1) is 6.20 Å². The maximum absolute atomic E-state index is 10.2. The average Bonchev–Trinajstić information content (AvgIpc) is 2.12. The van der Waals surface area contributed by atoms with Gasteiger partial charge in [0.1, 0.15) is 0 Å². The number of carbonyl (C=O) groups excluding carboxylic acids is 1. The third-order valence-corrected chi connectivity index (χ3v) is 0.666. The van der Waals surface area contributed by atoms with Crippen LogP contribution in [0.25, 0.3) is 0 Å². The van der Waals surface area contributed by atoms with E-state index >= 15 is 0 Å². The summed E-state index contributed by atoms with van der Waals surface area (Å²) in [5.41, 5.74) is 9.41. The number of carbonyl (C=O) groups is 1. The second-order valence-corrected chi connectivity index (χ2v) is 1.22. The fourth-order valence-corrected chi connectivity index (χ4v) is 0.330. The molecular weight excluding hydrogens is 110 g/mol. The van der Waals surface area contributed by atoms with Gasteiger partial charge in [-0.1, -0.05) is 5.59 Å². The van der Waals surface area contributed by atoms with Crippen LogP contribution >= 0.6 is 0 Å². The SMILES string of the molecule is NC(=O)C1=CNNO1. The maximum atomic E-state index is 10.2. The van der Waals surface area contributed by atoms with E-state index in [9.17, 15) is 4.79 Å². The first-order chi connectivity index (χ1) is 3.80. The smallest absolute Gasteiger partial charge is 0.288 e. The Hall–Kier alpha value is -1.23. The van der Waals surface area contributed by atoms with Crippen molar-refractivity contribution in [3.05, 3.63) is 12.0 Å². The van der Waals surface area contributed by atoms with Crippen molar-refractivity contribution in [3.8, 4) is 0 Å². The molecule has 0 unspecified atom stereocenters. The molecule has 1 rings (SSSR count). The number of rotatable bonds is 1. The van der Waals surface area contributed by atoms with E-state index in [2.05, 4.69) is 15.9 Å². The Morgan fingerprint density at radius 3 is 2.88 bits per heavy atom. The van der Waals surface area contributed by atoms with Gasteiger partial charge in [0, 0.05) is 0 Å². The van der Waals surface area contributed by atoms with Crippen LogP contribution in [0.15, 0.2) is 12.0 Å². The number of hydrogen-bond acceptors (Lipinski definition) is 4. The lowest BCUT2D eigenvalue weighted by Crippen LogP contribution is -2.20. The van der Waals surface area contributed by atoms with Crippen LogP contribution in [0.2, 0.25) is 0 Å². The van der Waals surface area contributed by atoms with E-state index in [0.29, 0.717) is 0 Å². The third-order valence-electron chi connectivity index (χ3n) is 0.666. The van der Waals surface area contributed by atoms with Gasteiger partial charge in [0.25, 0.3) is 5.91 Å². The van der Waals surface area contributed by atoms with Crippen LogP contribution in [0.5, 0.6) is 0 Å². The summed E-state index contributed by atoms with van der Waals surface area (Å²) >= 11 is 0. The Labute approximate surface area is 45.4 Å². The van der Waals surface area contributed by atoms with Crippen LogP contribution in [0, 0.1) is 0 Å². The zero-order valence-electron chi connectivity index (χ0n) is 3.97. The minimum absolute atomic E-state index is 0.0880. The highest BCUT2D eigenvalue weighted by atomic mass is 16.7. The van der Waals surface area contributed by atoms with Gasteiger partial charge in [-0.3, -0.25) is 10.2 Å². The first kappa shape index (κ1) is 4.92. The molecular formula is C3H5N3O2. The molecule has 1 aliphatic heterocycles. The van der Waals surface area contributed by atoms with Crippen LogP contribution in [-0.2, 0) is 9.63 Å². The van der Waals surface area contributed by atoms with Crippen molar-refractivity contribution >= 4 is 5.91 Å². The number of nitrogens with two attached hydrogens (primary N) is 1. The van der Waals surface area contributed by atoms with Crippen molar-refractivity contribution in [1.82, 2.24) is 11.0 Å². The van der Waals surface area contributed by atoms with Gasteiger partial charge in [-0.15, -0.1) is 0 Å². The summed E-state index contributed by atoms with van der Waals surface area (Å²) in [5.74, 6) is -0.507. The van der Waals surface area contributed by atoms with Crippen LogP contribution < -0.4 is 16.7 Å². The summed E-state index contributed by atoms with van der Waals surface area (Å²) in [6.45, 7) is 0. The van der Waals surface area contributed by atoms with E-state index in [1.54, 1.807) is 0 Å². The molecule has 8 heavy (non-hydrogen) atoms. The van der Waals surface area contributed by atoms with Gasteiger partial charge < -0.3 is 10.6 Å².